The predicted molar refractivity (Wildman–Crippen MR) is 66.9 cm³/mol. The van der Waals surface area contributed by atoms with Crippen LogP contribution in [0.15, 0.2) is 28.9 Å². The van der Waals surface area contributed by atoms with E-state index in [9.17, 15) is 0 Å². The van der Waals surface area contributed by atoms with Crippen LogP contribution in [0.2, 0.25) is 0 Å². The number of aryl methyl sites for hydroxylation is 1. The van der Waals surface area contributed by atoms with E-state index in [4.69, 9.17) is 4.42 Å². The number of furan rings is 1. The maximum atomic E-state index is 5.59. The van der Waals surface area contributed by atoms with E-state index >= 15 is 0 Å². The second-order valence-electron chi connectivity index (χ2n) is 4.70. The lowest BCUT2D eigenvalue weighted by atomic mass is 10.1. The van der Waals surface area contributed by atoms with Crippen LogP contribution in [0.4, 0.5) is 0 Å². The first kappa shape index (κ1) is 9.52. The lowest BCUT2D eigenvalue weighted by molar-refractivity contribution is 0.619. The first-order valence-electron chi connectivity index (χ1n) is 5.66. The summed E-state index contributed by atoms with van der Waals surface area (Å²) in [7, 11) is 0. The summed E-state index contributed by atoms with van der Waals surface area (Å²) in [5.41, 5.74) is 4.69. The van der Waals surface area contributed by atoms with Gasteiger partial charge in [-0.3, -0.25) is 0 Å². The molecule has 0 spiro atoms. The molecule has 0 amide bonds. The average molecular weight is 213 g/mol. The van der Waals surface area contributed by atoms with Crippen LogP contribution >= 0.6 is 0 Å². The number of hydrogen-bond donors (Lipinski definition) is 1. The van der Waals surface area contributed by atoms with Gasteiger partial charge in [0, 0.05) is 22.0 Å². The van der Waals surface area contributed by atoms with Crippen LogP contribution in [-0.2, 0) is 0 Å². The molecule has 3 rings (SSSR count). The molecule has 1 aromatic carbocycles. The second kappa shape index (κ2) is 3.14. The highest BCUT2D eigenvalue weighted by Gasteiger charge is 2.11. The lowest BCUT2D eigenvalue weighted by Gasteiger charge is -1.98. The molecule has 1 N–H and O–H groups in total. The number of aromatic nitrogens is 1. The smallest absolute Gasteiger partial charge is 0.143 e. The fourth-order valence-corrected chi connectivity index (χ4v) is 2.23. The fourth-order valence-electron chi connectivity index (χ4n) is 2.23. The molecule has 2 heterocycles. The quantitative estimate of drug-likeness (QED) is 0.639. The van der Waals surface area contributed by atoms with Gasteiger partial charge in [0.05, 0.1) is 6.26 Å². The molecule has 2 nitrogen and oxygen atoms in total. The van der Waals surface area contributed by atoms with Gasteiger partial charge >= 0.3 is 0 Å². The molecule has 0 aliphatic rings. The standard InChI is InChI=1S/C14H15NO/c1-8(2)12-7-11-13(15-12)6-9(3)10-4-5-16-14(10)11/h4-8,15H,1-3H3. The Balaban J connectivity index is 2.45. The van der Waals surface area contributed by atoms with Crippen LogP contribution in [0.3, 0.4) is 0 Å². The second-order valence-corrected chi connectivity index (χ2v) is 4.70. The third-order valence-corrected chi connectivity index (χ3v) is 3.19. The first-order valence-corrected chi connectivity index (χ1v) is 5.66. The molecule has 0 unspecified atom stereocenters. The Morgan fingerprint density at radius 2 is 2.00 bits per heavy atom. The zero-order chi connectivity index (χ0) is 11.3. The molecule has 0 aliphatic heterocycles. The van der Waals surface area contributed by atoms with Crippen molar-refractivity contribution in [1.29, 1.82) is 0 Å². The number of aromatic amines is 1. The Bertz CT molecular complexity index is 658. The summed E-state index contributed by atoms with van der Waals surface area (Å²) in [5, 5.41) is 2.40. The molecule has 82 valence electrons. The molecular weight excluding hydrogens is 198 g/mol. The maximum Gasteiger partial charge on any atom is 0.143 e. The van der Waals surface area contributed by atoms with E-state index in [-0.39, 0.29) is 0 Å². The Hall–Kier alpha value is -1.70. The molecule has 2 aromatic heterocycles. The highest BCUT2D eigenvalue weighted by molar-refractivity contribution is 6.05. The van der Waals surface area contributed by atoms with Crippen molar-refractivity contribution in [3.8, 4) is 0 Å². The summed E-state index contributed by atoms with van der Waals surface area (Å²) < 4.78 is 5.59. The van der Waals surface area contributed by atoms with E-state index < -0.39 is 0 Å². The minimum atomic E-state index is 0.512. The van der Waals surface area contributed by atoms with Crippen LogP contribution in [0.1, 0.15) is 31.0 Å². The van der Waals surface area contributed by atoms with Crippen LogP contribution in [-0.4, -0.2) is 4.98 Å². The Labute approximate surface area is 94.3 Å². The number of hydrogen-bond acceptors (Lipinski definition) is 1. The Morgan fingerprint density at radius 1 is 1.19 bits per heavy atom. The lowest BCUT2D eigenvalue weighted by Crippen LogP contribution is -1.84. The highest BCUT2D eigenvalue weighted by atomic mass is 16.3. The number of rotatable bonds is 1. The van der Waals surface area contributed by atoms with E-state index in [1.807, 2.05) is 6.07 Å². The van der Waals surface area contributed by atoms with Gasteiger partial charge in [-0.2, -0.15) is 0 Å². The molecule has 0 aliphatic carbocycles. The summed E-state index contributed by atoms with van der Waals surface area (Å²) in [6, 6.07) is 6.43. The average Bonchev–Trinajstić information content (AvgIpc) is 2.80. The predicted octanol–water partition coefficient (Wildman–Crippen LogP) is 4.35. The summed E-state index contributed by atoms with van der Waals surface area (Å²) in [5.74, 6) is 0.512. The molecule has 0 saturated carbocycles. The van der Waals surface area contributed by atoms with Crippen molar-refractivity contribution in [2.24, 2.45) is 0 Å². The number of H-pyrrole nitrogens is 1. The monoisotopic (exact) mass is 213 g/mol. The molecule has 16 heavy (non-hydrogen) atoms. The van der Waals surface area contributed by atoms with Crippen LogP contribution < -0.4 is 0 Å². The zero-order valence-electron chi connectivity index (χ0n) is 9.79. The van der Waals surface area contributed by atoms with Crippen molar-refractivity contribution in [2.45, 2.75) is 26.7 Å². The fraction of sp³-hybridized carbons (Fsp3) is 0.286. The maximum absolute atomic E-state index is 5.59. The van der Waals surface area contributed by atoms with Gasteiger partial charge < -0.3 is 9.40 Å². The van der Waals surface area contributed by atoms with E-state index in [1.165, 1.54) is 27.5 Å². The molecule has 0 bridgehead atoms. The molecule has 0 radical (unpaired) electrons. The molecule has 0 fully saturated rings. The van der Waals surface area contributed by atoms with Crippen molar-refractivity contribution in [1.82, 2.24) is 4.98 Å². The van der Waals surface area contributed by atoms with Crippen molar-refractivity contribution in [2.75, 3.05) is 0 Å². The third kappa shape index (κ3) is 1.19. The van der Waals surface area contributed by atoms with E-state index in [0.717, 1.165) is 5.58 Å². The van der Waals surface area contributed by atoms with Crippen molar-refractivity contribution in [3.63, 3.8) is 0 Å². The van der Waals surface area contributed by atoms with Gasteiger partial charge in [0.15, 0.2) is 0 Å². The Morgan fingerprint density at radius 3 is 2.75 bits per heavy atom. The van der Waals surface area contributed by atoms with Crippen LogP contribution in [0.5, 0.6) is 0 Å². The topological polar surface area (TPSA) is 28.9 Å². The molecule has 2 heteroatoms. The van der Waals surface area contributed by atoms with E-state index in [1.54, 1.807) is 6.26 Å². The van der Waals surface area contributed by atoms with Gasteiger partial charge in [-0.15, -0.1) is 0 Å². The van der Waals surface area contributed by atoms with E-state index in [0.29, 0.717) is 5.92 Å². The zero-order valence-corrected chi connectivity index (χ0v) is 9.79. The van der Waals surface area contributed by atoms with Gasteiger partial charge in [-0.25, -0.2) is 0 Å². The van der Waals surface area contributed by atoms with Gasteiger partial charge in [-0.1, -0.05) is 13.8 Å². The summed E-state index contributed by atoms with van der Waals surface area (Å²) in [6.07, 6.45) is 1.76. The van der Waals surface area contributed by atoms with Gasteiger partial charge in [0.25, 0.3) is 0 Å². The van der Waals surface area contributed by atoms with Gasteiger partial charge in [0.1, 0.15) is 5.58 Å². The molecule has 3 aromatic rings. The SMILES string of the molecule is Cc1cc2[nH]c(C(C)C)cc2c2occc12. The molecule has 0 atom stereocenters. The highest BCUT2D eigenvalue weighted by Crippen LogP contribution is 2.31. The third-order valence-electron chi connectivity index (χ3n) is 3.19. The van der Waals surface area contributed by atoms with Crippen molar-refractivity contribution in [3.05, 3.63) is 35.7 Å². The number of fused-ring (bicyclic) bond motifs is 3. The minimum absolute atomic E-state index is 0.512. The van der Waals surface area contributed by atoms with Crippen molar-refractivity contribution >= 4 is 21.9 Å². The van der Waals surface area contributed by atoms with Crippen molar-refractivity contribution < 1.29 is 4.42 Å². The van der Waals surface area contributed by atoms with E-state index in [2.05, 4.69) is 37.9 Å². The molecule has 0 saturated heterocycles. The number of benzene rings is 1. The normalized spacial score (nSPS) is 12.0. The summed E-state index contributed by atoms with van der Waals surface area (Å²) >= 11 is 0. The van der Waals surface area contributed by atoms with Gasteiger partial charge in [0.2, 0.25) is 0 Å². The minimum Gasteiger partial charge on any atom is -0.464 e. The first-order chi connectivity index (χ1) is 7.66. The van der Waals surface area contributed by atoms with Gasteiger partial charge in [-0.05, 0) is 36.6 Å². The number of nitrogens with one attached hydrogen (secondary N) is 1. The van der Waals surface area contributed by atoms with Crippen LogP contribution in [0, 0.1) is 6.92 Å². The summed E-state index contributed by atoms with van der Waals surface area (Å²) in [4.78, 5) is 3.46. The Kier molecular flexibility index (Phi) is 1.87. The van der Waals surface area contributed by atoms with Crippen LogP contribution in [0.25, 0.3) is 21.9 Å². The summed E-state index contributed by atoms with van der Waals surface area (Å²) in [6.45, 7) is 6.50. The largest absolute Gasteiger partial charge is 0.464 e. The molecular formula is C14H15NO.